The Morgan fingerprint density at radius 1 is 0.358 bits per heavy atom. The van der Waals surface area contributed by atoms with Gasteiger partial charge in [0.05, 0.1) is 16.1 Å². The van der Waals surface area contributed by atoms with Gasteiger partial charge in [0.1, 0.15) is 0 Å². The van der Waals surface area contributed by atoms with E-state index in [1.807, 2.05) is 0 Å². The number of hydrogen-bond acceptors (Lipinski definition) is 2. The van der Waals surface area contributed by atoms with Crippen LogP contribution in [0.3, 0.4) is 0 Å². The molecule has 0 saturated heterocycles. The summed E-state index contributed by atoms with van der Waals surface area (Å²) in [7, 11) is -4.17. The summed E-state index contributed by atoms with van der Waals surface area (Å²) >= 11 is 0. The maximum atomic E-state index is 2.65. The largest absolute Gasteiger partial charge is 0.310 e. The Morgan fingerprint density at radius 3 is 1.28 bits per heavy atom. The van der Waals surface area contributed by atoms with Crippen LogP contribution in [0.1, 0.15) is 63.8 Å². The van der Waals surface area contributed by atoms with Crippen molar-refractivity contribution in [3.8, 4) is 11.1 Å². The summed E-state index contributed by atoms with van der Waals surface area (Å²) < 4.78 is -0.0809. The molecule has 0 fully saturated rings. The fourth-order valence-electron chi connectivity index (χ4n) is 12.0. The second-order valence-electron chi connectivity index (χ2n) is 23.1. The van der Waals surface area contributed by atoms with Crippen molar-refractivity contribution in [1.82, 2.24) is 0 Å². The molecule has 4 heteroatoms. The van der Waals surface area contributed by atoms with Gasteiger partial charge in [0.2, 0.25) is 0 Å². The number of rotatable bonds is 8. The molecule has 9 aromatic carbocycles. The molecular weight excluding hydrogens is 841 g/mol. The molecule has 2 nitrogen and oxygen atoms in total. The second-order valence-corrected chi connectivity index (χ2v) is 34.1. The number of hydrogen-bond donors (Lipinski definition) is 0. The van der Waals surface area contributed by atoms with Crippen molar-refractivity contribution in [3.05, 3.63) is 204 Å². The number of fused-ring (bicyclic) bond motifs is 9. The molecule has 0 N–H and O–H groups in total. The summed E-state index contributed by atoms with van der Waals surface area (Å²) in [5, 5.41) is 7.97. The zero-order valence-corrected chi connectivity index (χ0v) is 43.7. The van der Waals surface area contributed by atoms with Gasteiger partial charge in [0, 0.05) is 38.8 Å². The van der Waals surface area contributed by atoms with E-state index in [-0.39, 0.29) is 15.5 Å². The molecule has 0 saturated carbocycles. The van der Waals surface area contributed by atoms with Crippen molar-refractivity contribution in [3.63, 3.8) is 0 Å². The Labute approximate surface area is 402 Å². The number of benzene rings is 9. The zero-order valence-electron chi connectivity index (χ0n) is 41.7. The van der Waals surface area contributed by atoms with Crippen LogP contribution in [0.5, 0.6) is 0 Å². The molecule has 0 aliphatic heterocycles. The molecule has 67 heavy (non-hydrogen) atoms. The van der Waals surface area contributed by atoms with E-state index in [1.165, 1.54) is 71.5 Å². The fourth-order valence-corrected chi connectivity index (χ4v) is 25.1. The van der Waals surface area contributed by atoms with Gasteiger partial charge in [-0.1, -0.05) is 184 Å². The summed E-state index contributed by atoms with van der Waals surface area (Å²) in [5.74, 6) is 0. The van der Waals surface area contributed by atoms with Crippen LogP contribution < -0.4 is 9.80 Å². The van der Waals surface area contributed by atoms with Gasteiger partial charge in [-0.15, -0.1) is 0 Å². The molecular formula is C63H66N2Si2. The Bertz CT molecular complexity index is 3290. The third-order valence-electron chi connectivity index (χ3n) is 14.8. The second kappa shape index (κ2) is 16.0. The SMILES string of the molecule is CC(C)(C)c1ccc(N(c2ccccc2)c2ccc3cc4c(cc3c2)C([Si](C)(C)C)([Si](C)(C)C)c2c-4c3ccccc3c3cc(N(c4ccccc4)c4ccc(C(C)(C)C)cc4)ccc23)cc1. The molecule has 9 aromatic rings. The van der Waals surface area contributed by atoms with Gasteiger partial charge >= 0.3 is 0 Å². The van der Waals surface area contributed by atoms with E-state index in [9.17, 15) is 0 Å². The van der Waals surface area contributed by atoms with Gasteiger partial charge in [-0.3, -0.25) is 0 Å². The van der Waals surface area contributed by atoms with Crippen LogP contribution in [-0.4, -0.2) is 16.1 Å². The van der Waals surface area contributed by atoms with E-state index in [1.54, 1.807) is 5.56 Å². The maximum Gasteiger partial charge on any atom is 0.0579 e. The first kappa shape index (κ1) is 44.6. The first-order valence-electron chi connectivity index (χ1n) is 24.3. The Kier molecular flexibility index (Phi) is 10.6. The molecule has 336 valence electrons. The number of anilines is 6. The van der Waals surface area contributed by atoms with E-state index >= 15 is 0 Å². The standard InChI is InChI=1S/C63H66N2Si2/c1-61(2,3)45-28-33-49(34-29-45)64(47-21-15-13-16-22-47)51-32-27-43-40-57-58(41-44(43)39-51)63(66(7,8)9,67(10,11)12)60-55-38-37-52(42-56(55)53-25-19-20-26-54(53)59(57)60)65(48-23-17-14-18-24-48)50-35-30-46(31-36-50)62(4,5)6/h13-42H,1-12H3. The van der Waals surface area contributed by atoms with Crippen LogP contribution in [0.2, 0.25) is 39.3 Å². The van der Waals surface area contributed by atoms with Crippen LogP contribution in [0.15, 0.2) is 182 Å². The van der Waals surface area contributed by atoms with E-state index in [0.29, 0.717) is 0 Å². The van der Waals surface area contributed by atoms with Gasteiger partial charge < -0.3 is 9.80 Å². The minimum Gasteiger partial charge on any atom is -0.310 e. The monoisotopic (exact) mass is 906 g/mol. The topological polar surface area (TPSA) is 6.48 Å². The Morgan fingerprint density at radius 2 is 0.791 bits per heavy atom. The van der Waals surface area contributed by atoms with Crippen LogP contribution >= 0.6 is 0 Å². The summed E-state index contributed by atoms with van der Waals surface area (Å²) in [6, 6.07) is 69.2. The molecule has 0 bridgehead atoms. The predicted molar refractivity (Wildman–Crippen MR) is 299 cm³/mol. The summed E-state index contributed by atoms with van der Waals surface area (Å²) in [6.07, 6.45) is 0. The van der Waals surface area contributed by atoms with Gasteiger partial charge in [-0.05, 0) is 155 Å². The fraction of sp³-hybridized carbons (Fsp3) is 0.238. The number of nitrogens with zero attached hydrogens (tertiary/aromatic N) is 2. The van der Waals surface area contributed by atoms with Gasteiger partial charge in [0.15, 0.2) is 0 Å². The molecule has 0 amide bonds. The lowest BCUT2D eigenvalue weighted by atomic mass is 9.87. The molecule has 0 heterocycles. The highest BCUT2D eigenvalue weighted by molar-refractivity contribution is 7.00. The van der Waals surface area contributed by atoms with Crippen LogP contribution in [0.25, 0.3) is 43.4 Å². The van der Waals surface area contributed by atoms with E-state index in [4.69, 9.17) is 0 Å². The molecule has 10 rings (SSSR count). The van der Waals surface area contributed by atoms with Gasteiger partial charge in [-0.2, -0.15) is 0 Å². The Balaban J connectivity index is 1.22. The lowest BCUT2D eigenvalue weighted by molar-refractivity contribution is 0.590. The van der Waals surface area contributed by atoms with Crippen molar-refractivity contribution >= 4 is 82.6 Å². The smallest absolute Gasteiger partial charge is 0.0579 e. The lowest BCUT2D eigenvalue weighted by Gasteiger charge is -2.51. The minimum atomic E-state index is -2.09. The van der Waals surface area contributed by atoms with E-state index < -0.39 is 16.1 Å². The number of para-hydroxylation sites is 2. The Hall–Kier alpha value is -6.21. The van der Waals surface area contributed by atoms with E-state index in [0.717, 1.165) is 22.7 Å². The average Bonchev–Trinajstić information content (AvgIpc) is 3.61. The molecule has 0 spiro atoms. The summed E-state index contributed by atoms with van der Waals surface area (Å²) in [4.78, 5) is 4.86. The van der Waals surface area contributed by atoms with Gasteiger partial charge in [0.25, 0.3) is 0 Å². The quantitative estimate of drug-likeness (QED) is 0.111. The highest BCUT2D eigenvalue weighted by atomic mass is 28.4. The third kappa shape index (κ3) is 7.35. The summed E-state index contributed by atoms with van der Waals surface area (Å²) in [6.45, 7) is 29.6. The molecule has 0 atom stereocenters. The van der Waals surface area contributed by atoms with Crippen molar-refractivity contribution in [2.24, 2.45) is 0 Å². The first-order chi connectivity index (χ1) is 31.8. The molecule has 0 unspecified atom stereocenters. The van der Waals surface area contributed by atoms with Crippen LogP contribution in [-0.2, 0) is 15.5 Å². The lowest BCUT2D eigenvalue weighted by Crippen LogP contribution is -2.63. The van der Waals surface area contributed by atoms with Crippen LogP contribution in [0.4, 0.5) is 34.1 Å². The maximum absolute atomic E-state index is 2.65. The van der Waals surface area contributed by atoms with Gasteiger partial charge in [-0.25, -0.2) is 0 Å². The normalized spacial score (nSPS) is 13.8. The van der Waals surface area contributed by atoms with Crippen molar-refractivity contribution in [2.45, 2.75) is 96.3 Å². The van der Waals surface area contributed by atoms with Crippen molar-refractivity contribution in [2.75, 3.05) is 9.80 Å². The third-order valence-corrected chi connectivity index (χ3v) is 24.8. The van der Waals surface area contributed by atoms with Crippen molar-refractivity contribution in [1.29, 1.82) is 0 Å². The molecule has 0 aromatic heterocycles. The molecule has 0 radical (unpaired) electrons. The predicted octanol–water partition coefficient (Wildman–Crippen LogP) is 18.7. The highest BCUT2D eigenvalue weighted by Crippen LogP contribution is 2.62. The van der Waals surface area contributed by atoms with E-state index in [2.05, 4.69) is 273 Å². The highest BCUT2D eigenvalue weighted by Gasteiger charge is 2.60. The van der Waals surface area contributed by atoms with Crippen LogP contribution in [0, 0.1) is 0 Å². The minimum absolute atomic E-state index is 0.0741. The average molecular weight is 907 g/mol. The molecule has 1 aliphatic carbocycles. The summed E-state index contributed by atoms with van der Waals surface area (Å²) in [5.41, 5.74) is 15.8. The van der Waals surface area contributed by atoms with Crippen molar-refractivity contribution < 1.29 is 0 Å². The molecule has 1 aliphatic rings. The first-order valence-corrected chi connectivity index (χ1v) is 31.3. The zero-order chi connectivity index (χ0) is 47.3.